The second kappa shape index (κ2) is 7.32. The fraction of sp³-hybridized carbons (Fsp3) is 0.857. The van der Waals surface area contributed by atoms with Crippen molar-refractivity contribution in [3.05, 3.63) is 12.2 Å². The van der Waals surface area contributed by atoms with Gasteiger partial charge in [0.15, 0.2) is 0 Å². The van der Waals surface area contributed by atoms with E-state index in [1.165, 1.54) is 0 Å². The van der Waals surface area contributed by atoms with Crippen LogP contribution in [0.4, 0.5) is 0 Å². The van der Waals surface area contributed by atoms with Crippen molar-refractivity contribution in [1.29, 1.82) is 0 Å². The van der Waals surface area contributed by atoms with Crippen LogP contribution in [0.5, 0.6) is 0 Å². The molecule has 0 aromatic rings. The number of allylic oxidation sites excluding steroid dienone is 2. The van der Waals surface area contributed by atoms with Crippen LogP contribution in [0.25, 0.3) is 0 Å². The normalized spacial score (nSPS) is 15.1. The maximum absolute atomic E-state index is 10.2. The highest BCUT2D eigenvalue weighted by Gasteiger charge is 2.40. The molecule has 4 heteroatoms. The average molecular weight is 256 g/mol. The molecule has 0 spiro atoms. The molecule has 0 amide bonds. The van der Waals surface area contributed by atoms with Gasteiger partial charge in [-0.05, 0) is 41.0 Å². The number of unbranched alkanes of at least 4 members (excludes halogenated alkanes) is 1. The van der Waals surface area contributed by atoms with Gasteiger partial charge in [-0.15, -0.1) is 0 Å². The smallest absolute Gasteiger partial charge is 0.427 e. The second-order valence-corrected chi connectivity index (χ2v) is 5.91. The SMILES string of the molecule is C/C=C/[C@@H](CCCC)B(O)OC(C)(C)C(C)(C)O. The minimum absolute atomic E-state index is 0.0171. The third-order valence-corrected chi connectivity index (χ3v) is 3.59. The highest BCUT2D eigenvalue weighted by molar-refractivity contribution is 6.45. The zero-order valence-electron chi connectivity index (χ0n) is 12.7. The molecular weight excluding hydrogens is 227 g/mol. The van der Waals surface area contributed by atoms with Gasteiger partial charge in [-0.3, -0.25) is 0 Å². The standard InChI is InChI=1S/C14H29BO3/c1-7-9-11-12(10-8-2)15(17)18-14(5,6)13(3,4)16/h8,10,12,16-17H,7,9,11H2,1-6H3/b10-8+/t12-/m0/s1. The summed E-state index contributed by atoms with van der Waals surface area (Å²) >= 11 is 0. The Kier molecular flexibility index (Phi) is 7.19. The first-order valence-corrected chi connectivity index (χ1v) is 6.86. The van der Waals surface area contributed by atoms with Crippen molar-refractivity contribution >= 4 is 7.12 Å². The second-order valence-electron chi connectivity index (χ2n) is 5.91. The van der Waals surface area contributed by atoms with Gasteiger partial charge in [0.05, 0.1) is 11.2 Å². The van der Waals surface area contributed by atoms with E-state index in [0.29, 0.717) is 0 Å². The highest BCUT2D eigenvalue weighted by atomic mass is 16.5. The van der Waals surface area contributed by atoms with Gasteiger partial charge in [-0.2, -0.15) is 0 Å². The van der Waals surface area contributed by atoms with E-state index < -0.39 is 18.3 Å². The van der Waals surface area contributed by atoms with E-state index in [1.54, 1.807) is 27.7 Å². The minimum atomic E-state index is -1.00. The quantitative estimate of drug-likeness (QED) is 0.518. The van der Waals surface area contributed by atoms with E-state index in [2.05, 4.69) is 6.92 Å². The fourth-order valence-corrected chi connectivity index (χ4v) is 1.55. The zero-order chi connectivity index (χ0) is 14.4. The maximum Gasteiger partial charge on any atom is 0.461 e. The topological polar surface area (TPSA) is 49.7 Å². The van der Waals surface area contributed by atoms with E-state index in [0.717, 1.165) is 19.3 Å². The van der Waals surface area contributed by atoms with Gasteiger partial charge in [0, 0.05) is 5.82 Å². The summed E-state index contributed by atoms with van der Waals surface area (Å²) in [5.41, 5.74) is -1.79. The molecule has 0 aromatic carbocycles. The van der Waals surface area contributed by atoms with Crippen molar-refractivity contribution in [2.24, 2.45) is 0 Å². The third-order valence-electron chi connectivity index (χ3n) is 3.59. The fourth-order valence-electron chi connectivity index (χ4n) is 1.55. The molecule has 0 aliphatic carbocycles. The molecule has 0 saturated carbocycles. The lowest BCUT2D eigenvalue weighted by Gasteiger charge is -2.39. The van der Waals surface area contributed by atoms with Crippen molar-refractivity contribution in [2.45, 2.75) is 77.8 Å². The molecule has 1 atom stereocenters. The van der Waals surface area contributed by atoms with Crippen LogP contribution in [-0.2, 0) is 4.65 Å². The predicted molar refractivity (Wildman–Crippen MR) is 77.5 cm³/mol. The summed E-state index contributed by atoms with van der Waals surface area (Å²) in [5.74, 6) is -0.0171. The lowest BCUT2D eigenvalue weighted by Crippen LogP contribution is -2.51. The Hall–Kier alpha value is -0.315. The van der Waals surface area contributed by atoms with Gasteiger partial charge in [0.25, 0.3) is 0 Å². The van der Waals surface area contributed by atoms with Crippen LogP contribution in [0.3, 0.4) is 0 Å². The van der Waals surface area contributed by atoms with Gasteiger partial charge in [0.1, 0.15) is 0 Å². The number of rotatable bonds is 8. The van der Waals surface area contributed by atoms with Crippen LogP contribution >= 0.6 is 0 Å². The molecule has 106 valence electrons. The summed E-state index contributed by atoms with van der Waals surface area (Å²) in [5, 5.41) is 20.2. The summed E-state index contributed by atoms with van der Waals surface area (Å²) < 4.78 is 5.67. The molecule has 0 radical (unpaired) electrons. The molecule has 0 heterocycles. The van der Waals surface area contributed by atoms with Crippen LogP contribution in [0, 0.1) is 0 Å². The first-order valence-electron chi connectivity index (χ1n) is 6.86. The Balaban J connectivity index is 4.64. The first kappa shape index (κ1) is 17.7. The molecule has 0 aromatic heterocycles. The summed E-state index contributed by atoms with van der Waals surface area (Å²) in [6.07, 6.45) is 6.95. The highest BCUT2D eigenvalue weighted by Crippen LogP contribution is 2.29. The summed E-state index contributed by atoms with van der Waals surface area (Å²) in [6, 6.07) is 0. The lowest BCUT2D eigenvalue weighted by atomic mass is 9.68. The van der Waals surface area contributed by atoms with E-state index in [-0.39, 0.29) is 5.82 Å². The molecule has 18 heavy (non-hydrogen) atoms. The van der Waals surface area contributed by atoms with Crippen molar-refractivity contribution in [2.75, 3.05) is 0 Å². The largest absolute Gasteiger partial charge is 0.461 e. The molecule has 3 nitrogen and oxygen atoms in total. The Labute approximate surface area is 112 Å². The summed E-state index contributed by atoms with van der Waals surface area (Å²) in [7, 11) is -0.880. The number of aliphatic hydroxyl groups is 1. The zero-order valence-corrected chi connectivity index (χ0v) is 12.7. The molecule has 0 unspecified atom stereocenters. The van der Waals surface area contributed by atoms with Gasteiger partial charge in [-0.1, -0.05) is 31.9 Å². The van der Waals surface area contributed by atoms with Gasteiger partial charge in [-0.25, -0.2) is 0 Å². The van der Waals surface area contributed by atoms with Crippen LogP contribution in [0.2, 0.25) is 5.82 Å². The third kappa shape index (κ3) is 5.55. The molecular formula is C14H29BO3. The molecule has 0 aliphatic rings. The van der Waals surface area contributed by atoms with Gasteiger partial charge >= 0.3 is 7.12 Å². The molecule has 0 rings (SSSR count). The number of hydrogen-bond donors (Lipinski definition) is 2. The van der Waals surface area contributed by atoms with E-state index >= 15 is 0 Å². The van der Waals surface area contributed by atoms with Crippen LogP contribution in [0.1, 0.15) is 60.8 Å². The van der Waals surface area contributed by atoms with Crippen molar-refractivity contribution in [1.82, 2.24) is 0 Å². The van der Waals surface area contributed by atoms with Crippen LogP contribution < -0.4 is 0 Å². The Bertz CT molecular complexity index is 256. The van der Waals surface area contributed by atoms with Crippen molar-refractivity contribution in [3.8, 4) is 0 Å². The molecule has 2 N–H and O–H groups in total. The molecule has 0 saturated heterocycles. The first-order chi connectivity index (χ1) is 8.15. The monoisotopic (exact) mass is 256 g/mol. The van der Waals surface area contributed by atoms with Crippen molar-refractivity contribution < 1.29 is 14.8 Å². The Morgan fingerprint density at radius 2 is 1.83 bits per heavy atom. The minimum Gasteiger partial charge on any atom is -0.427 e. The molecule has 0 fully saturated rings. The van der Waals surface area contributed by atoms with Gasteiger partial charge < -0.3 is 14.8 Å². The Morgan fingerprint density at radius 3 is 2.22 bits per heavy atom. The van der Waals surface area contributed by atoms with Gasteiger partial charge in [0.2, 0.25) is 0 Å². The van der Waals surface area contributed by atoms with Crippen LogP contribution in [-0.4, -0.2) is 28.5 Å². The predicted octanol–water partition coefficient (Wildman–Crippen LogP) is 3.17. The van der Waals surface area contributed by atoms with E-state index in [1.807, 2.05) is 19.1 Å². The molecule has 0 bridgehead atoms. The maximum atomic E-state index is 10.2. The number of hydrogen-bond acceptors (Lipinski definition) is 3. The van der Waals surface area contributed by atoms with Crippen LogP contribution in [0.15, 0.2) is 12.2 Å². The van der Waals surface area contributed by atoms with Crippen molar-refractivity contribution in [3.63, 3.8) is 0 Å². The summed E-state index contributed by atoms with van der Waals surface area (Å²) in [4.78, 5) is 0. The van der Waals surface area contributed by atoms with E-state index in [4.69, 9.17) is 4.65 Å². The summed E-state index contributed by atoms with van der Waals surface area (Å²) in [6.45, 7) is 11.0. The molecule has 0 aliphatic heterocycles. The van der Waals surface area contributed by atoms with E-state index in [9.17, 15) is 10.1 Å². The average Bonchev–Trinajstić information content (AvgIpc) is 2.21. The lowest BCUT2D eigenvalue weighted by molar-refractivity contribution is -0.101. The Morgan fingerprint density at radius 1 is 1.28 bits per heavy atom.